The highest BCUT2D eigenvalue weighted by atomic mass is 16.6. The zero-order chi connectivity index (χ0) is 23.6. The fourth-order valence-electron chi connectivity index (χ4n) is 2.89. The van der Waals surface area contributed by atoms with Gasteiger partial charge in [-0.15, -0.1) is 0 Å². The number of rotatable bonds is 6. The smallest absolute Gasteiger partial charge is 0.373 e. The molecule has 32 heavy (non-hydrogen) atoms. The summed E-state index contributed by atoms with van der Waals surface area (Å²) < 4.78 is 15.5. The number of amides is 3. The fourth-order valence-corrected chi connectivity index (χ4v) is 2.89. The van der Waals surface area contributed by atoms with E-state index < -0.39 is 28.4 Å². The zero-order valence-electron chi connectivity index (χ0n) is 17.8. The Labute approximate surface area is 182 Å². The summed E-state index contributed by atoms with van der Waals surface area (Å²) in [7, 11) is 1.20. The van der Waals surface area contributed by atoms with Crippen LogP contribution in [0.3, 0.4) is 0 Å². The Morgan fingerprint density at radius 2 is 1.97 bits per heavy atom. The number of hydrogen-bond donors (Lipinski definition) is 1. The number of nitro benzene ring substituents is 1. The van der Waals surface area contributed by atoms with Crippen LogP contribution >= 0.6 is 0 Å². The van der Waals surface area contributed by atoms with E-state index in [4.69, 9.17) is 9.15 Å². The number of hydrogen-bond acceptors (Lipinski definition) is 8. The van der Waals surface area contributed by atoms with Gasteiger partial charge in [-0.1, -0.05) is 6.07 Å². The van der Waals surface area contributed by atoms with Gasteiger partial charge in [0.1, 0.15) is 17.1 Å². The number of benzene rings is 1. The van der Waals surface area contributed by atoms with Crippen LogP contribution in [0.1, 0.15) is 42.6 Å². The Hall–Kier alpha value is -4.15. The zero-order valence-corrected chi connectivity index (χ0v) is 17.8. The molecule has 0 radical (unpaired) electrons. The van der Waals surface area contributed by atoms with Crippen LogP contribution in [0.2, 0.25) is 0 Å². The Morgan fingerprint density at radius 3 is 2.59 bits per heavy atom. The quantitative estimate of drug-likeness (QED) is 0.236. The van der Waals surface area contributed by atoms with Crippen molar-refractivity contribution in [2.24, 2.45) is 0 Å². The van der Waals surface area contributed by atoms with Gasteiger partial charge in [0.2, 0.25) is 5.76 Å². The lowest BCUT2D eigenvalue weighted by molar-refractivity contribution is -0.386. The van der Waals surface area contributed by atoms with Crippen LogP contribution in [0.25, 0.3) is 6.08 Å². The van der Waals surface area contributed by atoms with Gasteiger partial charge in [-0.2, -0.15) is 0 Å². The molecular weight excluding hydrogens is 422 g/mol. The molecule has 11 heteroatoms. The predicted octanol–water partition coefficient (Wildman–Crippen LogP) is 3.24. The molecule has 1 saturated heterocycles. The lowest BCUT2D eigenvalue weighted by Gasteiger charge is -2.21. The molecule has 0 bridgehead atoms. The van der Waals surface area contributed by atoms with Crippen molar-refractivity contribution < 1.29 is 33.2 Å². The van der Waals surface area contributed by atoms with Crippen molar-refractivity contribution in [2.75, 3.05) is 7.11 Å². The minimum absolute atomic E-state index is 0.0600. The minimum atomic E-state index is -0.695. The third-order valence-corrected chi connectivity index (χ3v) is 4.23. The van der Waals surface area contributed by atoms with Gasteiger partial charge >= 0.3 is 17.7 Å². The van der Waals surface area contributed by atoms with Crippen molar-refractivity contribution in [2.45, 2.75) is 32.9 Å². The summed E-state index contributed by atoms with van der Waals surface area (Å²) in [5.41, 5.74) is -0.642. The van der Waals surface area contributed by atoms with Crippen LogP contribution in [-0.4, -0.2) is 40.4 Å². The third kappa shape index (κ3) is 4.94. The molecule has 1 aromatic heterocycles. The highest BCUT2D eigenvalue weighted by molar-refractivity contribution is 6.13. The third-order valence-electron chi connectivity index (χ3n) is 4.23. The summed E-state index contributed by atoms with van der Waals surface area (Å²) in [6, 6.07) is 6.36. The molecule has 1 fully saturated rings. The van der Waals surface area contributed by atoms with E-state index in [1.165, 1.54) is 37.5 Å². The number of imide groups is 1. The molecule has 11 nitrogen and oxygen atoms in total. The number of nitrogens with one attached hydrogen (secondary N) is 1. The maximum absolute atomic E-state index is 12.7. The van der Waals surface area contributed by atoms with E-state index in [0.29, 0.717) is 5.56 Å². The lowest BCUT2D eigenvalue weighted by Crippen LogP contribution is -2.30. The molecule has 2 heterocycles. The molecule has 1 aromatic carbocycles. The van der Waals surface area contributed by atoms with Crippen molar-refractivity contribution in [1.29, 1.82) is 0 Å². The van der Waals surface area contributed by atoms with Gasteiger partial charge in [-0.3, -0.25) is 19.8 Å². The van der Waals surface area contributed by atoms with E-state index in [2.05, 4.69) is 10.1 Å². The molecule has 1 N–H and O–H groups in total. The molecule has 2 aromatic rings. The summed E-state index contributed by atoms with van der Waals surface area (Å²) in [4.78, 5) is 48.2. The maximum Gasteiger partial charge on any atom is 0.373 e. The first-order valence-electron chi connectivity index (χ1n) is 9.47. The molecule has 1 aliphatic heterocycles. The number of esters is 1. The number of nitrogens with zero attached hydrogens (tertiary/aromatic N) is 2. The topological polar surface area (TPSA) is 141 Å². The lowest BCUT2D eigenvalue weighted by atomic mass is 10.1. The molecule has 3 rings (SSSR count). The monoisotopic (exact) mass is 443 g/mol. The molecule has 1 aliphatic rings. The maximum atomic E-state index is 12.7. The summed E-state index contributed by atoms with van der Waals surface area (Å²) in [5.74, 6) is -1.10. The van der Waals surface area contributed by atoms with Gasteiger partial charge in [0.25, 0.3) is 5.91 Å². The molecule has 0 unspecified atom stereocenters. The van der Waals surface area contributed by atoms with Crippen molar-refractivity contribution >= 4 is 29.7 Å². The fraction of sp³-hybridized carbons (Fsp3) is 0.286. The molecule has 0 saturated carbocycles. The van der Waals surface area contributed by atoms with E-state index >= 15 is 0 Å². The van der Waals surface area contributed by atoms with Gasteiger partial charge < -0.3 is 19.2 Å². The first-order chi connectivity index (χ1) is 15.0. The molecule has 0 spiro atoms. The standard InChI is InChI=1S/C21H21N3O8/c1-21(2,3)32-16-7-5-12(10-15(16)24(28)29)9-14-18(25)23(20(27)22-14)11-13-6-8-17(31-13)19(26)30-4/h5-10H,11H2,1-4H3,(H,22,27)/b14-9-. The average Bonchev–Trinajstić information content (AvgIpc) is 3.28. The van der Waals surface area contributed by atoms with Gasteiger partial charge in [0.05, 0.1) is 18.6 Å². The molecule has 3 amide bonds. The molecule has 0 atom stereocenters. The highest BCUT2D eigenvalue weighted by Crippen LogP contribution is 2.32. The highest BCUT2D eigenvalue weighted by Gasteiger charge is 2.34. The molecule has 0 aliphatic carbocycles. The number of carbonyl (C=O) groups excluding carboxylic acids is 3. The number of methoxy groups -OCH3 is 1. The van der Waals surface area contributed by atoms with Gasteiger partial charge in [0, 0.05) is 6.07 Å². The summed E-state index contributed by atoms with van der Waals surface area (Å²) in [5, 5.41) is 13.9. The SMILES string of the molecule is COC(=O)c1ccc(CN2C(=O)N/C(=C\c3ccc(OC(C)(C)C)c([N+](=O)[O-])c3)C2=O)o1. The summed E-state index contributed by atoms with van der Waals surface area (Å²) in [6.07, 6.45) is 1.33. The van der Waals surface area contributed by atoms with Crippen LogP contribution in [0.15, 0.2) is 40.4 Å². The van der Waals surface area contributed by atoms with E-state index in [-0.39, 0.29) is 35.2 Å². The first kappa shape index (κ1) is 22.5. The van der Waals surface area contributed by atoms with E-state index in [1.807, 2.05) is 0 Å². The van der Waals surface area contributed by atoms with Crippen LogP contribution in [0.5, 0.6) is 5.75 Å². The molecule has 168 valence electrons. The van der Waals surface area contributed by atoms with Gasteiger partial charge in [-0.25, -0.2) is 9.59 Å². The van der Waals surface area contributed by atoms with Crippen molar-refractivity contribution in [1.82, 2.24) is 10.2 Å². The number of nitro groups is 1. The van der Waals surface area contributed by atoms with Crippen LogP contribution in [-0.2, 0) is 16.1 Å². The second kappa shape index (κ2) is 8.53. The normalized spacial score (nSPS) is 15.1. The summed E-state index contributed by atoms with van der Waals surface area (Å²) in [6.45, 7) is 5.08. The number of furan rings is 1. The second-order valence-corrected chi connectivity index (χ2v) is 7.84. The Bertz CT molecular complexity index is 1130. The van der Waals surface area contributed by atoms with Crippen molar-refractivity contribution in [3.63, 3.8) is 0 Å². The Morgan fingerprint density at radius 1 is 1.25 bits per heavy atom. The molecular formula is C21H21N3O8. The minimum Gasteiger partial charge on any atom is -0.481 e. The van der Waals surface area contributed by atoms with Crippen LogP contribution in [0.4, 0.5) is 10.5 Å². The van der Waals surface area contributed by atoms with Crippen LogP contribution in [0, 0.1) is 10.1 Å². The van der Waals surface area contributed by atoms with Crippen molar-refractivity contribution in [3.8, 4) is 5.75 Å². The van der Waals surface area contributed by atoms with Crippen LogP contribution < -0.4 is 10.1 Å². The predicted molar refractivity (Wildman–Crippen MR) is 111 cm³/mol. The Kier molecular flexibility index (Phi) is 6.01. The Balaban J connectivity index is 1.82. The van der Waals surface area contributed by atoms with E-state index in [9.17, 15) is 24.5 Å². The number of ether oxygens (including phenoxy) is 2. The summed E-state index contributed by atoms with van der Waals surface area (Å²) >= 11 is 0. The average molecular weight is 443 g/mol. The second-order valence-electron chi connectivity index (χ2n) is 7.84. The van der Waals surface area contributed by atoms with Gasteiger partial charge in [-0.05, 0) is 50.6 Å². The first-order valence-corrected chi connectivity index (χ1v) is 9.47. The van der Waals surface area contributed by atoms with Gasteiger partial charge in [0.15, 0.2) is 5.75 Å². The largest absolute Gasteiger partial charge is 0.481 e. The van der Waals surface area contributed by atoms with Crippen molar-refractivity contribution in [3.05, 3.63) is 63.2 Å². The number of urea groups is 1. The van der Waals surface area contributed by atoms with E-state index in [0.717, 1.165) is 4.90 Å². The number of carbonyl (C=O) groups is 3. The van der Waals surface area contributed by atoms with E-state index in [1.54, 1.807) is 26.8 Å².